The zero-order valence-electron chi connectivity index (χ0n) is 17.9. The second-order valence-corrected chi connectivity index (χ2v) is 7.27. The summed E-state index contributed by atoms with van der Waals surface area (Å²) in [5.41, 5.74) is 3.21. The fourth-order valence-electron chi connectivity index (χ4n) is 3.02. The number of carbonyl (C=O) groups is 1. The molecular formula is C23H33N5O. The molecule has 0 aliphatic carbocycles. The summed E-state index contributed by atoms with van der Waals surface area (Å²) in [7, 11) is 3.93. The number of hydrogen-bond donors (Lipinski definition) is 3. The minimum atomic E-state index is -0.0704. The van der Waals surface area contributed by atoms with Crippen LogP contribution in [0.2, 0.25) is 0 Å². The van der Waals surface area contributed by atoms with Crippen LogP contribution in [0.5, 0.6) is 0 Å². The highest BCUT2D eigenvalue weighted by molar-refractivity contribution is 5.88. The molecule has 0 radical (unpaired) electrons. The van der Waals surface area contributed by atoms with Crippen LogP contribution in [0.4, 0.5) is 5.69 Å². The zero-order valence-corrected chi connectivity index (χ0v) is 17.9. The number of benzene rings is 2. The van der Waals surface area contributed by atoms with Gasteiger partial charge < -0.3 is 16.0 Å². The molecule has 1 atom stereocenters. The van der Waals surface area contributed by atoms with Gasteiger partial charge in [-0.2, -0.15) is 0 Å². The first-order valence-electron chi connectivity index (χ1n) is 10.0. The largest absolute Gasteiger partial charge is 0.356 e. The molecule has 1 unspecified atom stereocenters. The van der Waals surface area contributed by atoms with E-state index < -0.39 is 0 Å². The third-order valence-corrected chi connectivity index (χ3v) is 4.81. The molecule has 156 valence electrons. The fraction of sp³-hybridized carbons (Fsp3) is 0.391. The number of rotatable bonds is 9. The Morgan fingerprint density at radius 1 is 1.07 bits per heavy atom. The molecule has 0 spiro atoms. The first-order chi connectivity index (χ1) is 14.0. The molecule has 0 fully saturated rings. The standard InChI is InChI=1S/C23H33N5O/c1-18(28(4)17-20-9-6-5-7-10-20)13-14-25-23(24-3)26-16-21-11-8-12-22(15-21)27-19(2)29/h5-12,15,18H,13-14,16-17H2,1-4H3,(H,27,29)(H2,24,25,26). The Labute approximate surface area is 174 Å². The molecular weight excluding hydrogens is 362 g/mol. The molecule has 6 heteroatoms. The fourth-order valence-corrected chi connectivity index (χ4v) is 3.02. The van der Waals surface area contributed by atoms with Gasteiger partial charge in [-0.1, -0.05) is 42.5 Å². The number of nitrogens with one attached hydrogen (secondary N) is 3. The van der Waals surface area contributed by atoms with Gasteiger partial charge in [0.05, 0.1) is 0 Å². The molecule has 0 heterocycles. The van der Waals surface area contributed by atoms with Crippen LogP contribution in [-0.2, 0) is 17.9 Å². The minimum Gasteiger partial charge on any atom is -0.356 e. The van der Waals surface area contributed by atoms with E-state index in [0.29, 0.717) is 12.6 Å². The SMILES string of the molecule is CN=C(NCCC(C)N(C)Cc1ccccc1)NCc1cccc(NC(C)=O)c1. The van der Waals surface area contributed by atoms with Crippen LogP contribution in [0.3, 0.4) is 0 Å². The topological polar surface area (TPSA) is 68.8 Å². The lowest BCUT2D eigenvalue weighted by atomic mass is 10.1. The summed E-state index contributed by atoms with van der Waals surface area (Å²) in [6, 6.07) is 18.8. The predicted molar refractivity (Wildman–Crippen MR) is 121 cm³/mol. The quantitative estimate of drug-likeness (QED) is 0.450. The molecule has 0 aliphatic rings. The smallest absolute Gasteiger partial charge is 0.221 e. The number of aliphatic imine (C=N–C) groups is 1. The molecule has 29 heavy (non-hydrogen) atoms. The highest BCUT2D eigenvalue weighted by atomic mass is 16.1. The Balaban J connectivity index is 1.74. The van der Waals surface area contributed by atoms with Crippen molar-refractivity contribution in [2.45, 2.75) is 39.4 Å². The number of carbonyl (C=O) groups excluding carboxylic acids is 1. The van der Waals surface area contributed by atoms with Crippen molar-refractivity contribution in [3.8, 4) is 0 Å². The summed E-state index contributed by atoms with van der Waals surface area (Å²) in [4.78, 5) is 17.9. The average molecular weight is 396 g/mol. The molecule has 1 amide bonds. The third kappa shape index (κ3) is 8.35. The van der Waals surface area contributed by atoms with Crippen LogP contribution in [0.25, 0.3) is 0 Å². The van der Waals surface area contributed by atoms with Crippen LogP contribution >= 0.6 is 0 Å². The number of anilines is 1. The summed E-state index contributed by atoms with van der Waals surface area (Å²) in [6.45, 7) is 6.17. The van der Waals surface area contributed by atoms with Crippen molar-refractivity contribution in [1.29, 1.82) is 0 Å². The summed E-state index contributed by atoms with van der Waals surface area (Å²) in [5.74, 6) is 0.701. The Bertz CT molecular complexity index is 791. The third-order valence-electron chi connectivity index (χ3n) is 4.81. The van der Waals surface area contributed by atoms with Gasteiger partial charge in [0.2, 0.25) is 5.91 Å². The maximum absolute atomic E-state index is 11.2. The van der Waals surface area contributed by atoms with Gasteiger partial charge in [-0.25, -0.2) is 0 Å². The maximum Gasteiger partial charge on any atom is 0.221 e. The molecule has 3 N–H and O–H groups in total. The van der Waals surface area contributed by atoms with Crippen molar-refractivity contribution in [3.05, 3.63) is 65.7 Å². The van der Waals surface area contributed by atoms with Crippen molar-refractivity contribution in [2.24, 2.45) is 4.99 Å². The van der Waals surface area contributed by atoms with Crippen LogP contribution in [0.15, 0.2) is 59.6 Å². The Morgan fingerprint density at radius 3 is 2.48 bits per heavy atom. The summed E-state index contributed by atoms with van der Waals surface area (Å²) < 4.78 is 0. The molecule has 0 saturated heterocycles. The van der Waals surface area contributed by atoms with Gasteiger partial charge in [0.25, 0.3) is 0 Å². The minimum absolute atomic E-state index is 0.0704. The van der Waals surface area contributed by atoms with E-state index in [0.717, 1.165) is 36.7 Å². The highest BCUT2D eigenvalue weighted by Crippen LogP contribution is 2.10. The van der Waals surface area contributed by atoms with Crippen molar-refractivity contribution in [3.63, 3.8) is 0 Å². The summed E-state index contributed by atoms with van der Waals surface area (Å²) in [5, 5.41) is 9.50. The van der Waals surface area contributed by atoms with E-state index >= 15 is 0 Å². The van der Waals surface area contributed by atoms with Crippen LogP contribution in [-0.4, -0.2) is 43.4 Å². The average Bonchev–Trinajstić information content (AvgIpc) is 2.71. The summed E-state index contributed by atoms with van der Waals surface area (Å²) >= 11 is 0. The van der Waals surface area contributed by atoms with E-state index in [1.54, 1.807) is 7.05 Å². The monoisotopic (exact) mass is 395 g/mol. The van der Waals surface area contributed by atoms with E-state index in [1.165, 1.54) is 12.5 Å². The van der Waals surface area contributed by atoms with Gasteiger partial charge in [0.15, 0.2) is 5.96 Å². The zero-order chi connectivity index (χ0) is 21.1. The molecule has 2 aromatic carbocycles. The first-order valence-corrected chi connectivity index (χ1v) is 10.0. The van der Waals surface area contributed by atoms with Crippen molar-refractivity contribution >= 4 is 17.6 Å². The van der Waals surface area contributed by atoms with Gasteiger partial charge in [0.1, 0.15) is 0 Å². The predicted octanol–water partition coefficient (Wildman–Crippen LogP) is 3.22. The van der Waals surface area contributed by atoms with Crippen LogP contribution < -0.4 is 16.0 Å². The van der Waals surface area contributed by atoms with Gasteiger partial charge >= 0.3 is 0 Å². The normalized spacial score (nSPS) is 12.5. The highest BCUT2D eigenvalue weighted by Gasteiger charge is 2.10. The number of hydrogen-bond acceptors (Lipinski definition) is 3. The molecule has 0 bridgehead atoms. The lowest BCUT2D eigenvalue weighted by Gasteiger charge is -2.25. The van der Waals surface area contributed by atoms with E-state index in [1.807, 2.05) is 30.3 Å². The second-order valence-electron chi connectivity index (χ2n) is 7.27. The van der Waals surface area contributed by atoms with Crippen molar-refractivity contribution in [2.75, 3.05) is 26.0 Å². The molecule has 0 aromatic heterocycles. The van der Waals surface area contributed by atoms with Gasteiger partial charge in [-0.15, -0.1) is 0 Å². The van der Waals surface area contributed by atoms with E-state index in [9.17, 15) is 4.79 Å². The van der Waals surface area contributed by atoms with E-state index in [2.05, 4.69) is 64.1 Å². The van der Waals surface area contributed by atoms with Crippen LogP contribution in [0.1, 0.15) is 31.4 Å². The van der Waals surface area contributed by atoms with Crippen molar-refractivity contribution < 1.29 is 4.79 Å². The number of guanidine groups is 1. The van der Waals surface area contributed by atoms with Crippen LogP contribution in [0, 0.1) is 0 Å². The van der Waals surface area contributed by atoms with Crippen molar-refractivity contribution in [1.82, 2.24) is 15.5 Å². The molecule has 2 rings (SSSR count). The molecule has 2 aromatic rings. The molecule has 0 saturated carbocycles. The maximum atomic E-state index is 11.2. The lowest BCUT2D eigenvalue weighted by molar-refractivity contribution is -0.114. The Kier molecular flexibility index (Phi) is 9.18. The van der Waals surface area contributed by atoms with Gasteiger partial charge in [0, 0.05) is 45.3 Å². The van der Waals surface area contributed by atoms with Gasteiger partial charge in [-0.3, -0.25) is 14.7 Å². The molecule has 6 nitrogen and oxygen atoms in total. The Hall–Kier alpha value is -2.86. The number of nitrogens with zero attached hydrogens (tertiary/aromatic N) is 2. The Morgan fingerprint density at radius 2 is 1.79 bits per heavy atom. The molecule has 0 aliphatic heterocycles. The second kappa shape index (κ2) is 11.9. The number of amides is 1. The van der Waals surface area contributed by atoms with E-state index in [-0.39, 0.29) is 5.91 Å². The van der Waals surface area contributed by atoms with E-state index in [4.69, 9.17) is 0 Å². The van der Waals surface area contributed by atoms with Gasteiger partial charge in [-0.05, 0) is 43.7 Å². The first kappa shape index (κ1) is 22.4. The summed E-state index contributed by atoms with van der Waals surface area (Å²) in [6.07, 6.45) is 1.02. The lowest BCUT2D eigenvalue weighted by Crippen LogP contribution is -2.39.